The number of aromatic nitrogens is 2. The predicted molar refractivity (Wildman–Crippen MR) is 37.7 cm³/mol. The highest BCUT2D eigenvalue weighted by Crippen LogP contribution is 2.18. The van der Waals surface area contributed by atoms with E-state index in [0.717, 1.165) is 0 Å². The fourth-order valence-electron chi connectivity index (χ4n) is 0.989. The molecule has 2 aromatic heterocycles. The van der Waals surface area contributed by atoms with Crippen LogP contribution in [0.3, 0.4) is 0 Å². The summed E-state index contributed by atoms with van der Waals surface area (Å²) in [6.45, 7) is 0. The molecule has 0 radical (unpaired) electrons. The summed E-state index contributed by atoms with van der Waals surface area (Å²) >= 11 is 0. The quantitative estimate of drug-likeness (QED) is 0.560. The van der Waals surface area contributed by atoms with Gasteiger partial charge < -0.3 is 10.1 Å². The van der Waals surface area contributed by atoms with Gasteiger partial charge in [-0.1, -0.05) is 0 Å². The number of H-pyrrole nitrogens is 1. The molecule has 0 aromatic carbocycles. The van der Waals surface area contributed by atoms with Gasteiger partial charge in [-0.2, -0.15) is 4.39 Å². The number of rotatable bonds is 0. The second kappa shape index (κ2) is 1.95. The summed E-state index contributed by atoms with van der Waals surface area (Å²) in [5.74, 6) is -0.524. The number of hydrogen-bond donors (Lipinski definition) is 2. The van der Waals surface area contributed by atoms with E-state index in [9.17, 15) is 4.39 Å². The summed E-state index contributed by atoms with van der Waals surface area (Å²) in [7, 11) is 0. The SMILES string of the molecule is Oc1cc2cc(F)ncc2[nH]1. The third-order valence-electron chi connectivity index (χ3n) is 1.46. The van der Waals surface area contributed by atoms with Gasteiger partial charge in [0.25, 0.3) is 0 Å². The van der Waals surface area contributed by atoms with Crippen molar-refractivity contribution in [2.24, 2.45) is 0 Å². The van der Waals surface area contributed by atoms with E-state index in [2.05, 4.69) is 9.97 Å². The van der Waals surface area contributed by atoms with E-state index in [0.29, 0.717) is 10.9 Å². The Morgan fingerprint density at radius 1 is 1.45 bits per heavy atom. The zero-order valence-corrected chi connectivity index (χ0v) is 5.50. The molecule has 2 N–H and O–H groups in total. The molecule has 0 fully saturated rings. The van der Waals surface area contributed by atoms with Gasteiger partial charge >= 0.3 is 0 Å². The molecule has 2 aromatic rings. The highest BCUT2D eigenvalue weighted by Gasteiger charge is 1.99. The Morgan fingerprint density at radius 2 is 2.27 bits per heavy atom. The first-order valence-corrected chi connectivity index (χ1v) is 3.09. The summed E-state index contributed by atoms with van der Waals surface area (Å²) in [6.07, 6.45) is 1.34. The number of aromatic amines is 1. The van der Waals surface area contributed by atoms with Crippen LogP contribution in [0, 0.1) is 5.95 Å². The van der Waals surface area contributed by atoms with Gasteiger partial charge in [0.15, 0.2) is 5.88 Å². The number of fused-ring (bicyclic) bond motifs is 1. The molecule has 3 nitrogen and oxygen atoms in total. The maximum atomic E-state index is 12.4. The van der Waals surface area contributed by atoms with Crippen LogP contribution in [0.1, 0.15) is 0 Å². The Bertz CT molecular complexity index is 396. The van der Waals surface area contributed by atoms with Crippen molar-refractivity contribution in [3.63, 3.8) is 0 Å². The first-order valence-electron chi connectivity index (χ1n) is 3.09. The number of pyridine rings is 1. The lowest BCUT2D eigenvalue weighted by atomic mass is 10.3. The molecule has 0 atom stereocenters. The molecule has 2 rings (SSSR count). The lowest BCUT2D eigenvalue weighted by molar-refractivity contribution is 0.458. The summed E-state index contributed by atoms with van der Waals surface area (Å²) in [6, 6.07) is 2.70. The Morgan fingerprint density at radius 3 is 3.09 bits per heavy atom. The van der Waals surface area contributed by atoms with Crippen LogP contribution >= 0.6 is 0 Å². The van der Waals surface area contributed by atoms with Gasteiger partial charge in [0.1, 0.15) is 0 Å². The summed E-state index contributed by atoms with van der Waals surface area (Å²) < 4.78 is 12.4. The molecule has 0 bridgehead atoms. The van der Waals surface area contributed by atoms with Crippen LogP contribution in [0.4, 0.5) is 4.39 Å². The Kier molecular flexibility index (Phi) is 1.09. The van der Waals surface area contributed by atoms with E-state index in [-0.39, 0.29) is 5.88 Å². The first kappa shape index (κ1) is 6.15. The van der Waals surface area contributed by atoms with Gasteiger partial charge in [0.2, 0.25) is 5.95 Å². The summed E-state index contributed by atoms with van der Waals surface area (Å²) in [5, 5.41) is 9.56. The number of nitrogens with zero attached hydrogens (tertiary/aromatic N) is 1. The standard InChI is InChI=1S/C7H5FN2O/c8-6-1-4-2-7(11)10-5(4)3-9-6/h1-3,10-11H. The lowest BCUT2D eigenvalue weighted by Crippen LogP contribution is -1.78. The van der Waals surface area contributed by atoms with Crippen LogP contribution < -0.4 is 0 Å². The molecule has 0 saturated carbocycles. The van der Waals surface area contributed by atoms with Crippen molar-refractivity contribution in [2.45, 2.75) is 0 Å². The average Bonchev–Trinajstić information content (AvgIpc) is 2.27. The van der Waals surface area contributed by atoms with Crippen LogP contribution in [-0.4, -0.2) is 15.1 Å². The van der Waals surface area contributed by atoms with Crippen LogP contribution in [0.5, 0.6) is 5.88 Å². The molecular formula is C7H5FN2O. The summed E-state index contributed by atoms with van der Waals surface area (Å²) in [4.78, 5) is 6.02. The third kappa shape index (κ3) is 0.920. The van der Waals surface area contributed by atoms with E-state index in [1.165, 1.54) is 18.3 Å². The zero-order valence-electron chi connectivity index (χ0n) is 5.50. The average molecular weight is 152 g/mol. The molecule has 0 aliphatic rings. The minimum atomic E-state index is -0.545. The molecule has 4 heteroatoms. The smallest absolute Gasteiger partial charge is 0.213 e. The van der Waals surface area contributed by atoms with Gasteiger partial charge in [-0.15, -0.1) is 0 Å². The van der Waals surface area contributed by atoms with Gasteiger partial charge in [0.05, 0.1) is 11.7 Å². The minimum absolute atomic E-state index is 0.0207. The van der Waals surface area contributed by atoms with Crippen molar-refractivity contribution >= 4 is 10.9 Å². The Hall–Kier alpha value is -1.58. The van der Waals surface area contributed by atoms with Crippen molar-refractivity contribution in [2.75, 3.05) is 0 Å². The second-order valence-corrected chi connectivity index (χ2v) is 2.25. The molecule has 2 heterocycles. The fourth-order valence-corrected chi connectivity index (χ4v) is 0.989. The Balaban J connectivity index is 2.82. The maximum Gasteiger partial charge on any atom is 0.213 e. The monoisotopic (exact) mass is 152 g/mol. The van der Waals surface area contributed by atoms with E-state index in [1.54, 1.807) is 0 Å². The number of aromatic hydroxyl groups is 1. The van der Waals surface area contributed by atoms with E-state index in [1.807, 2.05) is 0 Å². The van der Waals surface area contributed by atoms with E-state index in [4.69, 9.17) is 5.11 Å². The van der Waals surface area contributed by atoms with Crippen molar-refractivity contribution in [3.8, 4) is 5.88 Å². The molecular weight excluding hydrogens is 147 g/mol. The summed E-state index contributed by atoms with van der Waals surface area (Å²) in [5.41, 5.74) is 0.629. The van der Waals surface area contributed by atoms with Gasteiger partial charge in [-0.3, -0.25) is 0 Å². The van der Waals surface area contributed by atoms with Crippen molar-refractivity contribution in [1.29, 1.82) is 0 Å². The molecule has 0 spiro atoms. The molecule has 0 saturated heterocycles. The third-order valence-corrected chi connectivity index (χ3v) is 1.46. The second-order valence-electron chi connectivity index (χ2n) is 2.25. The fraction of sp³-hybridized carbons (Fsp3) is 0. The van der Waals surface area contributed by atoms with E-state index >= 15 is 0 Å². The van der Waals surface area contributed by atoms with Gasteiger partial charge in [-0.05, 0) is 0 Å². The maximum absolute atomic E-state index is 12.4. The zero-order chi connectivity index (χ0) is 7.84. The Labute approximate surface area is 61.5 Å². The van der Waals surface area contributed by atoms with Crippen molar-refractivity contribution in [1.82, 2.24) is 9.97 Å². The van der Waals surface area contributed by atoms with Gasteiger partial charge in [-0.25, -0.2) is 4.98 Å². The van der Waals surface area contributed by atoms with Crippen LogP contribution in [0.2, 0.25) is 0 Å². The normalized spacial score (nSPS) is 10.6. The highest BCUT2D eigenvalue weighted by molar-refractivity contribution is 5.80. The van der Waals surface area contributed by atoms with Crippen LogP contribution in [0.15, 0.2) is 18.3 Å². The highest BCUT2D eigenvalue weighted by atomic mass is 19.1. The van der Waals surface area contributed by atoms with Crippen molar-refractivity contribution < 1.29 is 9.50 Å². The van der Waals surface area contributed by atoms with Crippen LogP contribution in [-0.2, 0) is 0 Å². The molecule has 0 amide bonds. The number of halogens is 1. The molecule has 0 aliphatic carbocycles. The van der Waals surface area contributed by atoms with Gasteiger partial charge in [0, 0.05) is 17.5 Å². The topological polar surface area (TPSA) is 48.9 Å². The molecule has 0 aliphatic heterocycles. The van der Waals surface area contributed by atoms with Crippen molar-refractivity contribution in [3.05, 3.63) is 24.3 Å². The molecule has 11 heavy (non-hydrogen) atoms. The number of hydrogen-bond acceptors (Lipinski definition) is 2. The largest absolute Gasteiger partial charge is 0.495 e. The number of nitrogens with one attached hydrogen (secondary N) is 1. The minimum Gasteiger partial charge on any atom is -0.495 e. The predicted octanol–water partition coefficient (Wildman–Crippen LogP) is 1.41. The first-order chi connectivity index (χ1) is 5.25. The van der Waals surface area contributed by atoms with E-state index < -0.39 is 5.95 Å². The molecule has 0 unspecified atom stereocenters. The van der Waals surface area contributed by atoms with Crippen LogP contribution in [0.25, 0.3) is 10.9 Å². The molecule has 56 valence electrons. The lowest BCUT2D eigenvalue weighted by Gasteiger charge is -1.86.